The number of hydrogen-bond donors (Lipinski definition) is 2. The fourth-order valence-electron chi connectivity index (χ4n) is 2.19. The van der Waals surface area contributed by atoms with Crippen LogP contribution in [-0.4, -0.2) is 32.6 Å². The highest BCUT2D eigenvalue weighted by molar-refractivity contribution is 6.00. The number of benzene rings is 2. The molecule has 126 valence electrons. The second-order valence-electron chi connectivity index (χ2n) is 5.11. The third-order valence-electron chi connectivity index (χ3n) is 3.48. The predicted molar refractivity (Wildman–Crippen MR) is 91.7 cm³/mol. The largest absolute Gasteiger partial charge is 0.497 e. The van der Waals surface area contributed by atoms with Crippen LogP contribution in [0.15, 0.2) is 42.5 Å². The Morgan fingerprint density at radius 2 is 1.79 bits per heavy atom. The summed E-state index contributed by atoms with van der Waals surface area (Å²) in [7, 11) is 3.05. The van der Waals surface area contributed by atoms with Gasteiger partial charge in [-0.3, -0.25) is 9.59 Å². The van der Waals surface area contributed by atoms with Crippen molar-refractivity contribution < 1.29 is 19.1 Å². The van der Waals surface area contributed by atoms with E-state index in [2.05, 4.69) is 10.6 Å². The molecule has 6 heteroatoms. The number of amides is 2. The van der Waals surface area contributed by atoms with Gasteiger partial charge in [-0.1, -0.05) is 18.2 Å². The Kier molecular flexibility index (Phi) is 5.78. The highest BCUT2D eigenvalue weighted by Crippen LogP contribution is 2.28. The summed E-state index contributed by atoms with van der Waals surface area (Å²) in [5, 5.41) is 5.30. The van der Waals surface area contributed by atoms with Crippen LogP contribution in [0.25, 0.3) is 0 Å². The number of anilines is 1. The van der Waals surface area contributed by atoms with Crippen molar-refractivity contribution in [3.8, 4) is 11.5 Å². The molecule has 0 fully saturated rings. The average Bonchev–Trinajstić information content (AvgIpc) is 2.60. The quantitative estimate of drug-likeness (QED) is 0.853. The van der Waals surface area contributed by atoms with Crippen LogP contribution in [0.2, 0.25) is 0 Å². The van der Waals surface area contributed by atoms with Gasteiger partial charge in [-0.15, -0.1) is 0 Å². The SMILES string of the molecule is COc1ccc(OC)c(NC(=O)CNC(=O)c2ccccc2C)c1. The summed E-state index contributed by atoms with van der Waals surface area (Å²) < 4.78 is 10.3. The molecular formula is C18H20N2O4. The maximum atomic E-state index is 12.1. The van der Waals surface area contributed by atoms with Gasteiger partial charge < -0.3 is 20.1 Å². The molecule has 0 saturated carbocycles. The molecule has 2 rings (SSSR count). The minimum atomic E-state index is -0.358. The van der Waals surface area contributed by atoms with Gasteiger partial charge in [0.05, 0.1) is 26.5 Å². The van der Waals surface area contributed by atoms with E-state index in [0.29, 0.717) is 22.7 Å². The Hall–Kier alpha value is -3.02. The monoisotopic (exact) mass is 328 g/mol. The first-order chi connectivity index (χ1) is 11.5. The van der Waals surface area contributed by atoms with E-state index < -0.39 is 0 Å². The number of carbonyl (C=O) groups is 2. The van der Waals surface area contributed by atoms with Crippen molar-refractivity contribution in [3.05, 3.63) is 53.6 Å². The molecule has 0 atom stereocenters. The van der Waals surface area contributed by atoms with Crippen LogP contribution in [-0.2, 0) is 4.79 Å². The van der Waals surface area contributed by atoms with Gasteiger partial charge in [-0.2, -0.15) is 0 Å². The molecule has 0 aliphatic heterocycles. The molecule has 0 aliphatic carbocycles. The Labute approximate surface area is 140 Å². The van der Waals surface area contributed by atoms with Crippen molar-refractivity contribution in [2.24, 2.45) is 0 Å². The van der Waals surface area contributed by atoms with Crippen molar-refractivity contribution in [2.45, 2.75) is 6.92 Å². The van der Waals surface area contributed by atoms with E-state index in [4.69, 9.17) is 9.47 Å². The lowest BCUT2D eigenvalue weighted by molar-refractivity contribution is -0.115. The number of ether oxygens (including phenoxy) is 2. The molecule has 2 N–H and O–H groups in total. The third kappa shape index (κ3) is 4.25. The normalized spacial score (nSPS) is 9.96. The van der Waals surface area contributed by atoms with Crippen molar-refractivity contribution in [1.82, 2.24) is 5.32 Å². The van der Waals surface area contributed by atoms with Crippen molar-refractivity contribution >= 4 is 17.5 Å². The maximum absolute atomic E-state index is 12.1. The summed E-state index contributed by atoms with van der Waals surface area (Å²) in [5.74, 6) is 0.453. The fraction of sp³-hybridized carbons (Fsp3) is 0.222. The van der Waals surface area contributed by atoms with Crippen LogP contribution >= 0.6 is 0 Å². The molecule has 24 heavy (non-hydrogen) atoms. The third-order valence-corrected chi connectivity index (χ3v) is 3.48. The molecule has 2 aromatic rings. The van der Waals surface area contributed by atoms with Gasteiger partial charge >= 0.3 is 0 Å². The van der Waals surface area contributed by atoms with E-state index in [1.807, 2.05) is 19.1 Å². The Balaban J connectivity index is 1.99. The predicted octanol–water partition coefficient (Wildman–Crippen LogP) is 2.38. The number of aryl methyl sites for hydroxylation is 1. The highest BCUT2D eigenvalue weighted by Gasteiger charge is 2.12. The number of methoxy groups -OCH3 is 2. The van der Waals surface area contributed by atoms with Crippen LogP contribution in [0.1, 0.15) is 15.9 Å². The molecule has 0 saturated heterocycles. The van der Waals surface area contributed by atoms with E-state index in [1.54, 1.807) is 30.3 Å². The summed E-state index contributed by atoms with van der Waals surface area (Å²) in [6.45, 7) is 1.70. The highest BCUT2D eigenvalue weighted by atomic mass is 16.5. The lowest BCUT2D eigenvalue weighted by atomic mass is 10.1. The van der Waals surface area contributed by atoms with Gasteiger partial charge in [0.2, 0.25) is 5.91 Å². The summed E-state index contributed by atoms with van der Waals surface area (Å²) >= 11 is 0. The minimum absolute atomic E-state index is 0.145. The molecule has 0 radical (unpaired) electrons. The lowest BCUT2D eigenvalue weighted by Gasteiger charge is -2.12. The van der Waals surface area contributed by atoms with Gasteiger partial charge in [0.15, 0.2) is 0 Å². The van der Waals surface area contributed by atoms with Crippen LogP contribution in [0.5, 0.6) is 11.5 Å². The molecule has 2 amide bonds. The molecule has 0 aliphatic rings. The van der Waals surface area contributed by atoms with E-state index in [-0.39, 0.29) is 18.4 Å². The van der Waals surface area contributed by atoms with Crippen molar-refractivity contribution in [1.29, 1.82) is 0 Å². The smallest absolute Gasteiger partial charge is 0.251 e. The summed E-state index contributed by atoms with van der Waals surface area (Å²) in [4.78, 5) is 24.2. The Morgan fingerprint density at radius 1 is 1.04 bits per heavy atom. The zero-order chi connectivity index (χ0) is 17.5. The van der Waals surface area contributed by atoms with Crippen LogP contribution in [0.4, 0.5) is 5.69 Å². The lowest BCUT2D eigenvalue weighted by Crippen LogP contribution is -2.33. The Bertz CT molecular complexity index is 744. The van der Waals surface area contributed by atoms with Crippen LogP contribution < -0.4 is 20.1 Å². The first-order valence-corrected chi connectivity index (χ1v) is 7.41. The number of carbonyl (C=O) groups excluding carboxylic acids is 2. The number of hydrogen-bond acceptors (Lipinski definition) is 4. The van der Waals surface area contributed by atoms with Gasteiger partial charge in [0.1, 0.15) is 11.5 Å². The zero-order valence-corrected chi connectivity index (χ0v) is 13.9. The van der Waals surface area contributed by atoms with E-state index in [0.717, 1.165) is 5.56 Å². The molecule has 0 bridgehead atoms. The van der Waals surface area contributed by atoms with E-state index >= 15 is 0 Å². The first kappa shape index (κ1) is 17.3. The molecule has 0 heterocycles. The number of nitrogens with one attached hydrogen (secondary N) is 2. The first-order valence-electron chi connectivity index (χ1n) is 7.41. The van der Waals surface area contributed by atoms with Crippen molar-refractivity contribution in [3.63, 3.8) is 0 Å². The molecule has 2 aromatic carbocycles. The topological polar surface area (TPSA) is 76.7 Å². The zero-order valence-electron chi connectivity index (χ0n) is 13.9. The average molecular weight is 328 g/mol. The molecule has 0 unspecified atom stereocenters. The van der Waals surface area contributed by atoms with Gasteiger partial charge in [-0.25, -0.2) is 0 Å². The van der Waals surface area contributed by atoms with Gasteiger partial charge in [0.25, 0.3) is 5.91 Å². The molecular weight excluding hydrogens is 308 g/mol. The molecule has 0 aromatic heterocycles. The van der Waals surface area contributed by atoms with Crippen LogP contribution in [0, 0.1) is 6.92 Å². The minimum Gasteiger partial charge on any atom is -0.497 e. The second-order valence-corrected chi connectivity index (χ2v) is 5.11. The van der Waals surface area contributed by atoms with Crippen molar-refractivity contribution in [2.75, 3.05) is 26.1 Å². The standard InChI is InChI=1S/C18H20N2O4/c1-12-6-4-5-7-14(12)18(22)19-11-17(21)20-15-10-13(23-2)8-9-16(15)24-3/h4-10H,11H2,1-3H3,(H,19,22)(H,20,21). The van der Waals surface area contributed by atoms with E-state index in [1.165, 1.54) is 14.2 Å². The summed E-state index contributed by atoms with van der Waals surface area (Å²) in [5.41, 5.74) is 1.88. The number of rotatable bonds is 6. The van der Waals surface area contributed by atoms with Crippen LogP contribution in [0.3, 0.4) is 0 Å². The molecule has 6 nitrogen and oxygen atoms in total. The summed E-state index contributed by atoms with van der Waals surface area (Å²) in [6.07, 6.45) is 0. The maximum Gasteiger partial charge on any atom is 0.251 e. The second kappa shape index (κ2) is 8.01. The Morgan fingerprint density at radius 3 is 2.46 bits per heavy atom. The summed E-state index contributed by atoms with van der Waals surface area (Å²) in [6, 6.07) is 12.3. The van der Waals surface area contributed by atoms with Gasteiger partial charge in [-0.05, 0) is 30.7 Å². The van der Waals surface area contributed by atoms with E-state index in [9.17, 15) is 9.59 Å². The van der Waals surface area contributed by atoms with Gasteiger partial charge in [0, 0.05) is 11.6 Å². The molecule has 0 spiro atoms. The fourth-order valence-corrected chi connectivity index (χ4v) is 2.19.